The van der Waals surface area contributed by atoms with Crippen LogP contribution in [0.5, 0.6) is 0 Å². The van der Waals surface area contributed by atoms with E-state index >= 15 is 0 Å². The van der Waals surface area contributed by atoms with Gasteiger partial charge in [-0.2, -0.15) is 0 Å². The fourth-order valence-electron chi connectivity index (χ4n) is 2.15. The predicted molar refractivity (Wildman–Crippen MR) is 70.7 cm³/mol. The van der Waals surface area contributed by atoms with Crippen molar-refractivity contribution in [2.24, 2.45) is 11.7 Å². The largest absolute Gasteiger partial charge is 0.349 e. The molecule has 0 fully saturated rings. The van der Waals surface area contributed by atoms with Crippen LogP contribution in [0.4, 0.5) is 0 Å². The number of aromatic nitrogens is 1. The molecule has 0 radical (unpaired) electrons. The Morgan fingerprint density at radius 3 is 2.38 bits per heavy atom. The van der Waals surface area contributed by atoms with E-state index in [1.54, 1.807) is 0 Å². The average molecular weight is 222 g/mol. The predicted octanol–water partition coefficient (Wildman–Crippen LogP) is 3.04. The van der Waals surface area contributed by atoms with Crippen molar-refractivity contribution in [3.63, 3.8) is 0 Å². The zero-order valence-corrected chi connectivity index (χ0v) is 11.4. The first-order chi connectivity index (χ1) is 7.41. The van der Waals surface area contributed by atoms with Crippen molar-refractivity contribution in [1.29, 1.82) is 0 Å². The van der Waals surface area contributed by atoms with Crippen LogP contribution in [0.2, 0.25) is 0 Å². The molecule has 0 amide bonds. The molecule has 0 aliphatic rings. The number of hydrogen-bond acceptors (Lipinski definition) is 1. The van der Waals surface area contributed by atoms with E-state index < -0.39 is 0 Å². The normalized spacial score (nSPS) is 13.4. The van der Waals surface area contributed by atoms with E-state index in [9.17, 15) is 0 Å². The summed E-state index contributed by atoms with van der Waals surface area (Å²) in [6.07, 6.45) is 2.18. The van der Waals surface area contributed by atoms with Gasteiger partial charge in [0.1, 0.15) is 0 Å². The average Bonchev–Trinajstić information content (AvgIpc) is 2.42. The van der Waals surface area contributed by atoms with Crippen molar-refractivity contribution in [3.8, 4) is 0 Å². The Morgan fingerprint density at radius 2 is 1.88 bits per heavy atom. The Hall–Kier alpha value is -0.760. The second kappa shape index (κ2) is 5.53. The zero-order valence-electron chi connectivity index (χ0n) is 11.4. The van der Waals surface area contributed by atoms with Gasteiger partial charge < -0.3 is 10.3 Å². The van der Waals surface area contributed by atoms with Gasteiger partial charge >= 0.3 is 0 Å². The maximum Gasteiger partial charge on any atom is 0.0247 e. The van der Waals surface area contributed by atoms with E-state index in [4.69, 9.17) is 5.73 Å². The lowest BCUT2D eigenvalue weighted by Crippen LogP contribution is -2.15. The summed E-state index contributed by atoms with van der Waals surface area (Å²) in [4.78, 5) is 0. The number of nitrogens with zero attached hydrogens (tertiary/aromatic N) is 1. The van der Waals surface area contributed by atoms with E-state index in [1.165, 1.54) is 17.0 Å². The molecule has 0 saturated heterocycles. The molecule has 1 unspecified atom stereocenters. The van der Waals surface area contributed by atoms with Crippen molar-refractivity contribution in [1.82, 2.24) is 4.57 Å². The Kier molecular flexibility index (Phi) is 4.60. The molecule has 16 heavy (non-hydrogen) atoms. The van der Waals surface area contributed by atoms with Gasteiger partial charge in [-0.3, -0.25) is 0 Å². The molecule has 0 aromatic carbocycles. The summed E-state index contributed by atoms with van der Waals surface area (Å²) in [5.74, 6) is 0.700. The van der Waals surface area contributed by atoms with Gasteiger partial charge in [0.05, 0.1) is 0 Å². The molecular weight excluding hydrogens is 196 g/mol. The molecule has 1 atom stereocenters. The van der Waals surface area contributed by atoms with Crippen molar-refractivity contribution in [2.45, 2.75) is 60.0 Å². The lowest BCUT2D eigenvalue weighted by atomic mass is 10.1. The first-order valence-electron chi connectivity index (χ1n) is 6.33. The summed E-state index contributed by atoms with van der Waals surface area (Å²) in [6.45, 7) is 12.2. The van der Waals surface area contributed by atoms with Crippen LogP contribution in [0, 0.1) is 19.8 Å². The van der Waals surface area contributed by atoms with Crippen molar-refractivity contribution < 1.29 is 0 Å². The first kappa shape index (κ1) is 13.3. The highest BCUT2D eigenvalue weighted by Gasteiger charge is 2.10. The summed E-state index contributed by atoms with van der Waals surface area (Å²) >= 11 is 0. The molecule has 1 aromatic rings. The molecule has 1 heterocycles. The van der Waals surface area contributed by atoms with E-state index in [-0.39, 0.29) is 0 Å². The van der Waals surface area contributed by atoms with Gasteiger partial charge in [0, 0.05) is 24.0 Å². The summed E-state index contributed by atoms with van der Waals surface area (Å²) in [7, 11) is 0. The second-order valence-electron chi connectivity index (χ2n) is 5.42. The fraction of sp³-hybridized carbons (Fsp3) is 0.714. The van der Waals surface area contributed by atoms with Gasteiger partial charge in [0.2, 0.25) is 0 Å². The lowest BCUT2D eigenvalue weighted by Gasteiger charge is -2.12. The molecule has 92 valence electrons. The maximum atomic E-state index is 5.81. The quantitative estimate of drug-likeness (QED) is 0.815. The van der Waals surface area contributed by atoms with Crippen LogP contribution in [0.1, 0.15) is 44.1 Å². The Labute approximate surface area is 99.8 Å². The highest BCUT2D eigenvalue weighted by Crippen LogP contribution is 2.18. The highest BCUT2D eigenvalue weighted by molar-refractivity contribution is 5.27. The molecule has 1 rings (SSSR count). The van der Waals surface area contributed by atoms with E-state index in [0.717, 1.165) is 19.4 Å². The summed E-state index contributed by atoms with van der Waals surface area (Å²) in [6, 6.07) is 2.62. The van der Waals surface area contributed by atoms with Crippen LogP contribution in [0.3, 0.4) is 0 Å². The van der Waals surface area contributed by atoms with Gasteiger partial charge in [-0.05, 0) is 51.2 Å². The molecule has 0 aliphatic carbocycles. The Bertz CT molecular complexity index is 335. The SMILES string of the molecule is Cc1cc(CCC(C)N)c(C)n1CC(C)C. The minimum absolute atomic E-state index is 0.299. The van der Waals surface area contributed by atoms with E-state index in [0.29, 0.717) is 12.0 Å². The van der Waals surface area contributed by atoms with Gasteiger partial charge in [-0.25, -0.2) is 0 Å². The standard InChI is InChI=1S/C14H26N2/c1-10(2)9-16-12(4)8-14(13(16)5)7-6-11(3)15/h8,10-11H,6-7,9,15H2,1-5H3. The number of nitrogens with two attached hydrogens (primary N) is 1. The summed E-state index contributed by atoms with van der Waals surface area (Å²) in [5, 5.41) is 0. The molecule has 0 aliphatic heterocycles. The van der Waals surface area contributed by atoms with Gasteiger partial charge in [0.25, 0.3) is 0 Å². The van der Waals surface area contributed by atoms with Crippen LogP contribution in [0.15, 0.2) is 6.07 Å². The minimum atomic E-state index is 0.299. The fourth-order valence-corrected chi connectivity index (χ4v) is 2.15. The van der Waals surface area contributed by atoms with Crippen LogP contribution in [-0.4, -0.2) is 10.6 Å². The number of rotatable bonds is 5. The molecule has 2 nitrogen and oxygen atoms in total. The lowest BCUT2D eigenvalue weighted by molar-refractivity contribution is 0.508. The topological polar surface area (TPSA) is 30.9 Å². The number of aryl methyl sites for hydroxylation is 2. The third-order valence-electron chi connectivity index (χ3n) is 3.10. The molecule has 2 N–H and O–H groups in total. The first-order valence-corrected chi connectivity index (χ1v) is 6.33. The highest BCUT2D eigenvalue weighted by atomic mass is 15.0. The zero-order chi connectivity index (χ0) is 12.3. The Balaban J connectivity index is 2.80. The van der Waals surface area contributed by atoms with Gasteiger partial charge in [0.15, 0.2) is 0 Å². The molecular formula is C14H26N2. The van der Waals surface area contributed by atoms with Gasteiger partial charge in [-0.1, -0.05) is 13.8 Å². The van der Waals surface area contributed by atoms with Crippen molar-refractivity contribution in [2.75, 3.05) is 0 Å². The smallest absolute Gasteiger partial charge is 0.0247 e. The van der Waals surface area contributed by atoms with Crippen molar-refractivity contribution >= 4 is 0 Å². The third-order valence-corrected chi connectivity index (χ3v) is 3.10. The van der Waals surface area contributed by atoms with Crippen LogP contribution in [-0.2, 0) is 13.0 Å². The molecule has 1 aromatic heterocycles. The monoisotopic (exact) mass is 222 g/mol. The maximum absolute atomic E-state index is 5.81. The second-order valence-corrected chi connectivity index (χ2v) is 5.42. The summed E-state index contributed by atoms with van der Waals surface area (Å²) < 4.78 is 2.43. The minimum Gasteiger partial charge on any atom is -0.349 e. The van der Waals surface area contributed by atoms with Crippen LogP contribution < -0.4 is 5.73 Å². The van der Waals surface area contributed by atoms with E-state index in [1.807, 2.05) is 0 Å². The van der Waals surface area contributed by atoms with E-state index in [2.05, 4.69) is 45.3 Å². The summed E-state index contributed by atoms with van der Waals surface area (Å²) in [5.41, 5.74) is 10.1. The third kappa shape index (κ3) is 3.38. The number of hydrogen-bond donors (Lipinski definition) is 1. The van der Waals surface area contributed by atoms with Crippen LogP contribution in [0.25, 0.3) is 0 Å². The molecule has 0 saturated carbocycles. The molecule has 0 spiro atoms. The van der Waals surface area contributed by atoms with Crippen LogP contribution >= 0.6 is 0 Å². The van der Waals surface area contributed by atoms with Crippen molar-refractivity contribution in [3.05, 3.63) is 23.0 Å². The Morgan fingerprint density at radius 1 is 1.25 bits per heavy atom. The molecule has 2 heteroatoms. The molecule has 0 bridgehead atoms. The van der Waals surface area contributed by atoms with Gasteiger partial charge in [-0.15, -0.1) is 0 Å².